The topological polar surface area (TPSA) is 70.6 Å². The van der Waals surface area contributed by atoms with Crippen molar-refractivity contribution >= 4 is 32.6 Å². The van der Waals surface area contributed by atoms with Crippen molar-refractivity contribution in [1.29, 1.82) is 0 Å². The maximum atomic E-state index is 4.73. The summed E-state index contributed by atoms with van der Waals surface area (Å²) in [6.07, 6.45) is 3.60. The summed E-state index contributed by atoms with van der Waals surface area (Å²) in [4.78, 5) is 12.9. The van der Waals surface area contributed by atoms with E-state index >= 15 is 0 Å². The van der Waals surface area contributed by atoms with Gasteiger partial charge in [0.15, 0.2) is 0 Å². The molecule has 5 aromatic carbocycles. The zero-order valence-electron chi connectivity index (χ0n) is 28.3. The van der Waals surface area contributed by atoms with Gasteiger partial charge in [0, 0.05) is 54.5 Å². The Kier molecular flexibility index (Phi) is 8.18. The number of rotatable bonds is 3. The third kappa shape index (κ3) is 5.46. The van der Waals surface area contributed by atoms with Crippen molar-refractivity contribution in [2.24, 2.45) is 0 Å². The van der Waals surface area contributed by atoms with E-state index in [9.17, 15) is 0 Å². The standard InChI is InChI=1S/C36H25N2.C8H7N4.Ir/c1-36(2)30-14-5-6-16-33(30)38-32-18-17-25(22-29(32)28-13-8-15-31(36)35(28)38)24-10-7-11-26(21-24)34-27-12-4-3-9-23(27)19-20-37-34;1-6-10-8(12-11-6)7-4-2-3-5-9-7;/h3-10,12-22H,1-2H3;2-5H,1H3;/q2*-1;. The second kappa shape index (κ2) is 12.9. The van der Waals surface area contributed by atoms with Crippen molar-refractivity contribution in [3.63, 3.8) is 0 Å². The molecule has 0 unspecified atom stereocenters. The van der Waals surface area contributed by atoms with E-state index < -0.39 is 0 Å². The summed E-state index contributed by atoms with van der Waals surface area (Å²) < 4.78 is 2.47. The van der Waals surface area contributed by atoms with Crippen molar-refractivity contribution in [2.45, 2.75) is 26.2 Å². The van der Waals surface area contributed by atoms with E-state index in [1.165, 1.54) is 55.1 Å². The van der Waals surface area contributed by atoms with Gasteiger partial charge in [0.1, 0.15) is 0 Å². The number of fused-ring (bicyclic) bond motifs is 6. The second-order valence-corrected chi connectivity index (χ2v) is 13.2. The maximum absolute atomic E-state index is 4.73. The summed E-state index contributed by atoms with van der Waals surface area (Å²) in [6, 6.07) is 48.4. The average Bonchev–Trinajstić information content (AvgIpc) is 3.76. The van der Waals surface area contributed by atoms with Crippen molar-refractivity contribution in [2.75, 3.05) is 0 Å². The normalized spacial score (nSPS) is 12.6. The third-order valence-corrected chi connectivity index (χ3v) is 9.79. The van der Waals surface area contributed by atoms with E-state index in [1.807, 2.05) is 30.5 Å². The van der Waals surface area contributed by atoms with Crippen LogP contribution in [0.25, 0.3) is 72.2 Å². The maximum Gasteiger partial charge on any atom is 0.0634 e. The van der Waals surface area contributed by atoms with Crippen LogP contribution >= 0.6 is 0 Å². The van der Waals surface area contributed by atoms with Crippen molar-refractivity contribution in [3.8, 4) is 39.6 Å². The zero-order valence-corrected chi connectivity index (χ0v) is 30.7. The van der Waals surface area contributed by atoms with E-state index in [2.05, 4.69) is 148 Å². The largest absolute Gasteiger partial charge is 0.421 e. The number of aryl methyl sites for hydroxylation is 1. The molecule has 0 amide bonds. The Bertz CT molecular complexity index is 2700. The molecule has 0 N–H and O–H groups in total. The van der Waals surface area contributed by atoms with Gasteiger partial charge in [-0.25, -0.2) is 0 Å². The molecule has 1 radical (unpaired) electrons. The Morgan fingerprint density at radius 2 is 1.47 bits per heavy atom. The number of benzene rings is 5. The van der Waals surface area contributed by atoms with Gasteiger partial charge in [0.25, 0.3) is 0 Å². The van der Waals surface area contributed by atoms with Crippen LogP contribution in [0.1, 0.15) is 30.8 Å². The average molecular weight is 837 g/mol. The molecule has 6 nitrogen and oxygen atoms in total. The molecular weight excluding hydrogens is 805 g/mol. The van der Waals surface area contributed by atoms with Gasteiger partial charge in [-0.3, -0.25) is 10.1 Å². The molecule has 1 aliphatic heterocycles. The van der Waals surface area contributed by atoms with Crippen LogP contribution in [0.15, 0.2) is 140 Å². The molecule has 0 spiro atoms. The molecule has 249 valence electrons. The van der Waals surface area contributed by atoms with E-state index in [0.29, 0.717) is 11.6 Å². The summed E-state index contributed by atoms with van der Waals surface area (Å²) in [5.74, 6) is 1.27. The van der Waals surface area contributed by atoms with E-state index in [0.717, 1.165) is 22.3 Å². The third-order valence-electron chi connectivity index (χ3n) is 9.79. The number of aromatic nitrogens is 6. The monoisotopic (exact) mass is 837 g/mol. The molecule has 0 saturated carbocycles. The van der Waals surface area contributed by atoms with Crippen LogP contribution in [-0.4, -0.2) is 24.6 Å². The van der Waals surface area contributed by atoms with Crippen molar-refractivity contribution in [3.05, 3.63) is 163 Å². The van der Waals surface area contributed by atoms with Crippen LogP contribution in [0.5, 0.6) is 0 Å². The first-order valence-electron chi connectivity index (χ1n) is 16.8. The Balaban J connectivity index is 0.000000245. The molecule has 4 aromatic heterocycles. The smallest absolute Gasteiger partial charge is 0.0634 e. The summed E-state index contributed by atoms with van der Waals surface area (Å²) >= 11 is 0. The van der Waals surface area contributed by atoms with E-state index in [-0.39, 0.29) is 25.5 Å². The number of para-hydroxylation sites is 2. The molecule has 0 aliphatic carbocycles. The SMILES string of the molecule is CC1(C)c2ccccc2-n2c3ccc(-c4cc[c-]c(-c5nccc6ccccc56)c4)cc3c3cccc1c32.Cc1n[n-]c(-c2ccccn2)n1.[Ir]. The van der Waals surface area contributed by atoms with Crippen LogP contribution in [0.4, 0.5) is 0 Å². The second-order valence-electron chi connectivity index (χ2n) is 13.2. The molecule has 51 heavy (non-hydrogen) atoms. The molecule has 5 heterocycles. The molecule has 9 aromatic rings. The summed E-state index contributed by atoms with van der Waals surface area (Å²) in [5, 5.41) is 12.6. The van der Waals surface area contributed by atoms with Gasteiger partial charge in [-0.1, -0.05) is 86.6 Å². The molecule has 10 rings (SSSR count). The van der Waals surface area contributed by atoms with E-state index in [4.69, 9.17) is 4.98 Å². The minimum Gasteiger partial charge on any atom is -0.421 e. The molecule has 0 atom stereocenters. The summed E-state index contributed by atoms with van der Waals surface area (Å²) in [5.41, 5.74) is 11.7. The van der Waals surface area contributed by atoms with Gasteiger partial charge in [-0.15, -0.1) is 35.4 Å². The van der Waals surface area contributed by atoms with Crippen LogP contribution < -0.4 is 5.10 Å². The zero-order chi connectivity index (χ0) is 33.8. The van der Waals surface area contributed by atoms with Gasteiger partial charge in [0.05, 0.1) is 22.4 Å². The number of nitrogens with zero attached hydrogens (tertiary/aromatic N) is 6. The van der Waals surface area contributed by atoms with Gasteiger partial charge >= 0.3 is 0 Å². The summed E-state index contributed by atoms with van der Waals surface area (Å²) in [7, 11) is 0. The van der Waals surface area contributed by atoms with Gasteiger partial charge in [-0.05, 0) is 82.3 Å². The van der Waals surface area contributed by atoms with E-state index in [1.54, 1.807) is 13.1 Å². The Morgan fingerprint density at radius 3 is 2.31 bits per heavy atom. The Morgan fingerprint density at radius 1 is 0.686 bits per heavy atom. The van der Waals surface area contributed by atoms with Gasteiger partial charge < -0.3 is 19.6 Å². The van der Waals surface area contributed by atoms with Crippen LogP contribution in [0.2, 0.25) is 0 Å². The first-order chi connectivity index (χ1) is 24.5. The fourth-order valence-corrected chi connectivity index (χ4v) is 7.38. The fourth-order valence-electron chi connectivity index (χ4n) is 7.38. The van der Waals surface area contributed by atoms with Crippen LogP contribution in [0, 0.1) is 13.0 Å². The quantitative estimate of drug-likeness (QED) is 0.166. The van der Waals surface area contributed by atoms with Gasteiger partial charge in [0.2, 0.25) is 0 Å². The Labute approximate surface area is 309 Å². The van der Waals surface area contributed by atoms with Crippen LogP contribution in [0.3, 0.4) is 0 Å². The minimum atomic E-state index is -0.0566. The van der Waals surface area contributed by atoms with Crippen molar-refractivity contribution < 1.29 is 20.1 Å². The molecule has 0 saturated heterocycles. The number of hydrogen-bond donors (Lipinski definition) is 0. The molecule has 7 heteroatoms. The molecule has 0 fully saturated rings. The first-order valence-corrected chi connectivity index (χ1v) is 16.8. The predicted molar refractivity (Wildman–Crippen MR) is 201 cm³/mol. The van der Waals surface area contributed by atoms with Gasteiger partial charge in [-0.2, -0.15) is 0 Å². The first kappa shape index (κ1) is 32.5. The number of hydrogen-bond acceptors (Lipinski definition) is 4. The minimum absolute atomic E-state index is 0. The Hall–Kier alpha value is -5.75. The molecular formula is C44H32IrN6-2. The predicted octanol–water partition coefficient (Wildman–Crippen LogP) is 9.91. The molecule has 0 bridgehead atoms. The fraction of sp³-hybridized carbons (Fsp3) is 0.0909. The number of pyridine rings is 2. The molecule has 1 aliphatic rings. The van der Waals surface area contributed by atoms with Crippen molar-refractivity contribution in [1.82, 2.24) is 29.7 Å². The summed E-state index contributed by atoms with van der Waals surface area (Å²) in [6.45, 7) is 6.49. The van der Waals surface area contributed by atoms with Crippen LogP contribution in [-0.2, 0) is 25.5 Å².